The lowest BCUT2D eigenvalue weighted by atomic mass is 9.98. The maximum atomic E-state index is 11.3. The van der Waals surface area contributed by atoms with Crippen molar-refractivity contribution in [3.05, 3.63) is 11.9 Å². The Balaban J connectivity index is 1.91. The number of carbonyl (C=O) groups is 1. The molecule has 7 heteroatoms. The van der Waals surface area contributed by atoms with E-state index in [-0.39, 0.29) is 5.69 Å². The molecule has 0 unspecified atom stereocenters. The molecule has 19 heavy (non-hydrogen) atoms. The minimum absolute atomic E-state index is 0.252. The number of nitrogens with two attached hydrogens (primary N) is 1. The zero-order valence-corrected chi connectivity index (χ0v) is 11.5. The van der Waals surface area contributed by atoms with E-state index in [1.165, 1.54) is 19.3 Å². The van der Waals surface area contributed by atoms with Crippen molar-refractivity contribution in [2.75, 3.05) is 6.54 Å². The van der Waals surface area contributed by atoms with Gasteiger partial charge in [-0.2, -0.15) is 0 Å². The zero-order valence-electron chi connectivity index (χ0n) is 11.5. The van der Waals surface area contributed by atoms with Gasteiger partial charge in [-0.1, -0.05) is 11.6 Å². The molecule has 2 rings (SSSR count). The normalized spacial score (nSPS) is 24.4. The van der Waals surface area contributed by atoms with Crippen molar-refractivity contribution in [1.82, 2.24) is 25.3 Å². The fraction of sp³-hybridized carbons (Fsp3) is 0.750. The number of hydrazine groups is 1. The molecule has 1 amide bonds. The second-order valence-electron chi connectivity index (χ2n) is 5.21. The SMILES string of the molecule is C[C@@H]1CCC[C@H](C)N1CCn1cc(C(=O)NN)nn1. The van der Waals surface area contributed by atoms with Crippen LogP contribution in [0.25, 0.3) is 0 Å². The van der Waals surface area contributed by atoms with Crippen molar-refractivity contribution in [3.63, 3.8) is 0 Å². The van der Waals surface area contributed by atoms with E-state index in [0.717, 1.165) is 13.1 Å². The Morgan fingerprint density at radius 3 is 2.74 bits per heavy atom. The first-order chi connectivity index (χ1) is 9.11. The number of nitrogen functional groups attached to an aromatic ring is 1. The van der Waals surface area contributed by atoms with Gasteiger partial charge < -0.3 is 0 Å². The van der Waals surface area contributed by atoms with Crippen molar-refractivity contribution < 1.29 is 4.79 Å². The van der Waals surface area contributed by atoms with Crippen LogP contribution in [0.3, 0.4) is 0 Å². The first kappa shape index (κ1) is 14.0. The first-order valence-electron chi connectivity index (χ1n) is 6.78. The average molecular weight is 266 g/mol. The van der Waals surface area contributed by atoms with Gasteiger partial charge in [-0.05, 0) is 26.7 Å². The summed E-state index contributed by atoms with van der Waals surface area (Å²) in [6, 6.07) is 1.22. The quantitative estimate of drug-likeness (QED) is 0.460. The molecule has 1 aliphatic rings. The number of carbonyl (C=O) groups excluding carboxylic acids is 1. The van der Waals surface area contributed by atoms with Gasteiger partial charge in [-0.3, -0.25) is 19.8 Å². The van der Waals surface area contributed by atoms with Gasteiger partial charge in [0.05, 0.1) is 12.7 Å². The number of aromatic nitrogens is 3. The zero-order chi connectivity index (χ0) is 13.8. The number of amides is 1. The fourth-order valence-corrected chi connectivity index (χ4v) is 2.72. The van der Waals surface area contributed by atoms with Gasteiger partial charge in [0.1, 0.15) is 0 Å². The number of hydrogen-bond donors (Lipinski definition) is 2. The van der Waals surface area contributed by atoms with Crippen molar-refractivity contribution >= 4 is 5.91 Å². The molecule has 1 fully saturated rings. The van der Waals surface area contributed by atoms with Crippen LogP contribution in [0.5, 0.6) is 0 Å². The number of piperidine rings is 1. The topological polar surface area (TPSA) is 89.1 Å². The fourth-order valence-electron chi connectivity index (χ4n) is 2.72. The molecular formula is C12H22N6O. The molecule has 0 saturated carbocycles. The molecule has 1 aliphatic heterocycles. The third kappa shape index (κ3) is 3.30. The highest BCUT2D eigenvalue weighted by molar-refractivity contribution is 5.91. The number of rotatable bonds is 4. The summed E-state index contributed by atoms with van der Waals surface area (Å²) in [4.78, 5) is 13.8. The summed E-state index contributed by atoms with van der Waals surface area (Å²) in [5.74, 6) is 4.64. The van der Waals surface area contributed by atoms with Gasteiger partial charge in [-0.15, -0.1) is 5.10 Å². The van der Waals surface area contributed by atoms with E-state index < -0.39 is 5.91 Å². The highest BCUT2D eigenvalue weighted by Gasteiger charge is 2.24. The molecule has 0 bridgehead atoms. The molecule has 0 aromatic carbocycles. The Labute approximate surface area is 113 Å². The first-order valence-corrected chi connectivity index (χ1v) is 6.78. The molecule has 1 saturated heterocycles. The van der Waals surface area contributed by atoms with E-state index in [0.29, 0.717) is 12.1 Å². The Kier molecular flexibility index (Phi) is 4.49. The standard InChI is InChI=1S/C12H22N6O/c1-9-4-3-5-10(2)18(9)7-6-17-8-11(15-16-17)12(19)14-13/h8-10H,3-7,13H2,1-2H3,(H,14,19)/t9-,10+. The molecule has 1 aromatic rings. The summed E-state index contributed by atoms with van der Waals surface area (Å²) < 4.78 is 1.69. The third-order valence-corrected chi connectivity index (χ3v) is 3.87. The molecule has 106 valence electrons. The maximum absolute atomic E-state index is 11.3. The monoisotopic (exact) mass is 266 g/mol. The van der Waals surface area contributed by atoms with Gasteiger partial charge in [-0.25, -0.2) is 5.84 Å². The average Bonchev–Trinajstić information content (AvgIpc) is 2.86. The number of nitrogens with zero attached hydrogens (tertiary/aromatic N) is 4. The largest absolute Gasteiger partial charge is 0.296 e. The second-order valence-corrected chi connectivity index (χ2v) is 5.21. The summed E-state index contributed by atoms with van der Waals surface area (Å²) in [6.07, 6.45) is 5.44. The Bertz CT molecular complexity index is 422. The van der Waals surface area contributed by atoms with Crippen molar-refractivity contribution in [2.24, 2.45) is 5.84 Å². The molecule has 0 spiro atoms. The third-order valence-electron chi connectivity index (χ3n) is 3.87. The molecule has 2 atom stereocenters. The molecule has 0 aliphatic carbocycles. The molecule has 3 N–H and O–H groups in total. The van der Waals surface area contributed by atoms with Crippen LogP contribution in [-0.4, -0.2) is 44.4 Å². The predicted molar refractivity (Wildman–Crippen MR) is 71.2 cm³/mol. The smallest absolute Gasteiger partial charge is 0.287 e. The van der Waals surface area contributed by atoms with Crippen molar-refractivity contribution in [3.8, 4) is 0 Å². The lowest BCUT2D eigenvalue weighted by Crippen LogP contribution is -2.45. The maximum Gasteiger partial charge on any atom is 0.287 e. The molecule has 1 aromatic heterocycles. The number of likely N-dealkylation sites (tertiary alicyclic amines) is 1. The van der Waals surface area contributed by atoms with E-state index in [2.05, 4.69) is 29.1 Å². The van der Waals surface area contributed by atoms with Crippen LogP contribution < -0.4 is 11.3 Å². The molecule has 2 heterocycles. The lowest BCUT2D eigenvalue weighted by Gasteiger charge is -2.38. The van der Waals surface area contributed by atoms with E-state index in [4.69, 9.17) is 5.84 Å². The van der Waals surface area contributed by atoms with Crippen LogP contribution in [0.2, 0.25) is 0 Å². The predicted octanol–water partition coefficient (Wildman–Crippen LogP) is 0.145. The highest BCUT2D eigenvalue weighted by Crippen LogP contribution is 2.21. The molecule has 0 radical (unpaired) electrons. The van der Waals surface area contributed by atoms with Crippen LogP contribution in [0, 0.1) is 0 Å². The summed E-state index contributed by atoms with van der Waals surface area (Å²) in [6.45, 7) is 6.20. The van der Waals surface area contributed by atoms with E-state index >= 15 is 0 Å². The van der Waals surface area contributed by atoms with E-state index in [1.807, 2.05) is 5.43 Å². The van der Waals surface area contributed by atoms with Crippen LogP contribution >= 0.6 is 0 Å². The van der Waals surface area contributed by atoms with Gasteiger partial charge in [0, 0.05) is 18.6 Å². The second kappa shape index (κ2) is 6.12. The van der Waals surface area contributed by atoms with Crippen LogP contribution in [-0.2, 0) is 6.54 Å². The summed E-state index contributed by atoms with van der Waals surface area (Å²) in [7, 11) is 0. The lowest BCUT2D eigenvalue weighted by molar-refractivity contribution is 0.0947. The Hall–Kier alpha value is -1.47. The minimum atomic E-state index is -0.411. The van der Waals surface area contributed by atoms with Gasteiger partial charge in [0.2, 0.25) is 0 Å². The van der Waals surface area contributed by atoms with Crippen LogP contribution in [0.15, 0.2) is 6.20 Å². The van der Waals surface area contributed by atoms with Gasteiger partial charge in [0.25, 0.3) is 5.91 Å². The van der Waals surface area contributed by atoms with Gasteiger partial charge >= 0.3 is 0 Å². The summed E-state index contributed by atoms with van der Waals surface area (Å²) in [5.41, 5.74) is 2.30. The van der Waals surface area contributed by atoms with E-state index in [1.54, 1.807) is 10.9 Å². The van der Waals surface area contributed by atoms with Crippen molar-refractivity contribution in [1.29, 1.82) is 0 Å². The van der Waals surface area contributed by atoms with Crippen LogP contribution in [0.1, 0.15) is 43.6 Å². The Morgan fingerprint density at radius 2 is 2.11 bits per heavy atom. The molecular weight excluding hydrogens is 244 g/mol. The van der Waals surface area contributed by atoms with Gasteiger partial charge in [0.15, 0.2) is 5.69 Å². The number of hydrogen-bond acceptors (Lipinski definition) is 5. The minimum Gasteiger partial charge on any atom is -0.296 e. The molecule has 7 nitrogen and oxygen atoms in total. The van der Waals surface area contributed by atoms with Crippen molar-refractivity contribution in [2.45, 2.75) is 51.7 Å². The Morgan fingerprint density at radius 1 is 1.42 bits per heavy atom. The van der Waals surface area contributed by atoms with Crippen LogP contribution in [0.4, 0.5) is 0 Å². The van der Waals surface area contributed by atoms with E-state index in [9.17, 15) is 4.79 Å². The summed E-state index contributed by atoms with van der Waals surface area (Å²) >= 11 is 0. The number of nitrogens with one attached hydrogen (secondary N) is 1. The highest BCUT2D eigenvalue weighted by atomic mass is 16.2. The summed E-state index contributed by atoms with van der Waals surface area (Å²) in [5, 5.41) is 7.73.